The van der Waals surface area contributed by atoms with Crippen LogP contribution in [0.5, 0.6) is 0 Å². The van der Waals surface area contributed by atoms with Gasteiger partial charge in [-0.2, -0.15) is 0 Å². The predicted octanol–water partition coefficient (Wildman–Crippen LogP) is -16.4. The molecule has 0 atom stereocenters. The Hall–Kier alpha value is 1.77. The van der Waals surface area contributed by atoms with Gasteiger partial charge in [0.1, 0.15) is 0 Å². The van der Waals surface area contributed by atoms with Gasteiger partial charge in [0.25, 0.3) is 0 Å². The molecule has 0 saturated carbocycles. The van der Waals surface area contributed by atoms with E-state index in [4.69, 9.17) is 15.8 Å². The van der Waals surface area contributed by atoms with E-state index in [2.05, 4.69) is 37.9 Å². The molecule has 21 heavy (non-hydrogen) atoms. The normalized spacial score (nSPS) is 1.00. The number of nitrogens with zero attached hydrogens (tertiary/aromatic N) is 3. The summed E-state index contributed by atoms with van der Waals surface area (Å²) in [6.45, 7) is 0. The molecule has 0 bridgehead atoms. The minimum atomic E-state index is 0. The van der Waals surface area contributed by atoms with Crippen molar-refractivity contribution in [3.63, 3.8) is 0 Å². The molecule has 18 N–H and O–H groups in total. The summed E-state index contributed by atoms with van der Waals surface area (Å²) >= 11 is 11.1. The minimum absolute atomic E-state index is 0. The zero-order valence-corrected chi connectivity index (χ0v) is 20.0. The third-order valence-electron chi connectivity index (χ3n) is 0. The van der Waals surface area contributed by atoms with E-state index in [9.17, 15) is 0 Å². The number of hydrogen-bond donors (Lipinski definition) is 0. The summed E-state index contributed by atoms with van der Waals surface area (Å²) in [5.41, 5.74) is 0. The number of nitriles is 3. The maximum atomic E-state index is 7.13. The molecule has 0 heterocycles. The third-order valence-corrected chi connectivity index (χ3v) is 0. The Kier molecular flexibility index (Phi) is 3510. The van der Waals surface area contributed by atoms with Crippen LogP contribution in [0.4, 0.5) is 0 Å². The first-order valence-corrected chi connectivity index (χ1v) is 2.51. The van der Waals surface area contributed by atoms with Gasteiger partial charge in [0.15, 0.2) is 0 Å². The van der Waals surface area contributed by atoms with Gasteiger partial charge in [-0.25, -0.2) is 15.8 Å². The number of thiocyanates is 3. The average molecular weight is 405 g/mol. The van der Waals surface area contributed by atoms with Crippen molar-refractivity contribution in [2.24, 2.45) is 0 Å². The Balaban J connectivity index is -0.00000000154. The summed E-state index contributed by atoms with van der Waals surface area (Å²) in [6, 6.07) is 0. The van der Waals surface area contributed by atoms with Crippen molar-refractivity contribution >= 4 is 37.9 Å². The second kappa shape index (κ2) is 413. The van der Waals surface area contributed by atoms with Crippen LogP contribution in [0.1, 0.15) is 0 Å². The molecule has 0 amide bonds. The predicted molar refractivity (Wildman–Crippen MR) is 71.5 cm³/mol. The van der Waals surface area contributed by atoms with E-state index in [0.717, 1.165) is 0 Å². The second-order valence-corrected chi connectivity index (χ2v) is 0.822. The van der Waals surface area contributed by atoms with Crippen LogP contribution in [0.25, 0.3) is 0 Å². The van der Waals surface area contributed by atoms with E-state index in [-0.39, 0.29) is 138 Å². The van der Waals surface area contributed by atoms with E-state index in [1.54, 1.807) is 0 Å². The molecule has 0 aliphatic carbocycles. The van der Waals surface area contributed by atoms with Crippen molar-refractivity contribution in [3.8, 4) is 16.2 Å². The molecule has 0 spiro atoms. The van der Waals surface area contributed by atoms with Gasteiger partial charge in [-0.05, 0) is 0 Å². The molecule has 0 saturated heterocycles. The molecule has 0 fully saturated rings. The van der Waals surface area contributed by atoms with Gasteiger partial charge in [-0.15, -0.1) is 0 Å². The van der Waals surface area contributed by atoms with E-state index in [0.29, 0.717) is 0 Å². The monoisotopic (exact) mass is 405 g/mol. The quantitative estimate of drug-likeness (QED) is 0.213. The van der Waals surface area contributed by atoms with Gasteiger partial charge >= 0.3 is 88.7 Å². The summed E-state index contributed by atoms with van der Waals surface area (Å²) in [5, 5.41) is 25.4. The molecular weight excluding hydrogens is 387 g/mol. The summed E-state index contributed by atoms with van der Waals surface area (Å²) < 4.78 is 0. The fourth-order valence-corrected chi connectivity index (χ4v) is 0. The molecule has 0 aromatic carbocycles. The largest absolute Gasteiger partial charge is 1.00 e. The summed E-state index contributed by atoms with van der Waals surface area (Å²) in [5.74, 6) is 0. The van der Waals surface area contributed by atoms with Crippen molar-refractivity contribution in [3.05, 3.63) is 0 Å². The number of rotatable bonds is 0. The first-order valence-electron chi connectivity index (χ1n) is 1.28. The topological polar surface area (TPSA) is 355 Å². The van der Waals surface area contributed by atoms with Crippen molar-refractivity contribution in [1.29, 1.82) is 15.8 Å². The third kappa shape index (κ3) is 2720. The second-order valence-electron chi connectivity index (χ2n) is 0.274. The van der Waals surface area contributed by atoms with Crippen LogP contribution in [0.2, 0.25) is 0 Å². The Bertz CT molecular complexity index is 138. The van der Waals surface area contributed by atoms with Gasteiger partial charge in [-0.3, -0.25) is 0 Å². The van der Waals surface area contributed by atoms with Crippen LogP contribution >= 0.6 is 0 Å². The first kappa shape index (κ1) is 179. The summed E-state index contributed by atoms with van der Waals surface area (Å²) in [7, 11) is 0. The average Bonchev–Trinajstić information content (AvgIpc) is 1.70. The Morgan fingerprint density at radius 2 is 0.381 bits per heavy atom. The Morgan fingerprint density at radius 1 is 0.381 bits per heavy atom. The fraction of sp³-hybridized carbons (Fsp3) is 0. The van der Waals surface area contributed by atoms with Gasteiger partial charge in [0.05, 0.1) is 0 Å². The van der Waals surface area contributed by atoms with Crippen LogP contribution in [-0.2, 0) is 37.9 Å². The molecule has 120 valence electrons. The van der Waals surface area contributed by atoms with E-state index < -0.39 is 0 Å². The Morgan fingerprint density at radius 3 is 0.381 bits per heavy atom. The van der Waals surface area contributed by atoms with Gasteiger partial charge in [0.2, 0.25) is 0 Å². The van der Waals surface area contributed by atoms with Crippen molar-refractivity contribution < 1.29 is 138 Å². The van der Waals surface area contributed by atoms with Crippen molar-refractivity contribution in [1.82, 2.24) is 0 Å². The van der Waals surface area contributed by atoms with Crippen molar-refractivity contribution in [2.75, 3.05) is 0 Å². The maximum Gasteiger partial charge on any atom is 1.00 e. The van der Waals surface area contributed by atoms with E-state index in [1.165, 1.54) is 16.2 Å². The number of hydrogen-bond acceptors (Lipinski definition) is 6. The molecule has 18 heteroatoms. The van der Waals surface area contributed by atoms with E-state index in [1.807, 2.05) is 0 Å². The molecule has 0 aliphatic rings. The molecule has 0 unspecified atom stereocenters. The maximum absolute atomic E-state index is 7.13. The van der Waals surface area contributed by atoms with Crippen molar-refractivity contribution in [2.45, 2.75) is 0 Å². The van der Waals surface area contributed by atoms with Crippen LogP contribution in [-0.4, -0.2) is 49.3 Å². The summed E-state index contributed by atoms with van der Waals surface area (Å²) in [4.78, 5) is 0. The first-order chi connectivity index (χ1) is 4.24. The van der Waals surface area contributed by atoms with Gasteiger partial charge in [-0.1, -0.05) is 16.2 Å². The SMILES string of the molecule is N#C[S-].N#C[S-].N#C[S-].O.O.O.O.O.O.O.O.O.[Na+].[Na+].[Na+]. The Labute approximate surface area is 205 Å². The molecular formula is C3H18N3Na3O9S3. The van der Waals surface area contributed by atoms with Crippen LogP contribution in [0, 0.1) is 32.0 Å². The molecule has 12 nitrogen and oxygen atoms in total. The van der Waals surface area contributed by atoms with Crippen LogP contribution in [0.3, 0.4) is 0 Å². The minimum Gasteiger partial charge on any atom is -0.696 e. The zero-order valence-electron chi connectivity index (χ0n) is 11.6. The smallest absolute Gasteiger partial charge is 0.696 e. The van der Waals surface area contributed by atoms with Gasteiger partial charge < -0.3 is 87.2 Å². The molecule has 0 radical (unpaired) electrons. The van der Waals surface area contributed by atoms with E-state index >= 15 is 0 Å². The summed E-state index contributed by atoms with van der Waals surface area (Å²) in [6.07, 6.45) is 0. The van der Waals surface area contributed by atoms with Gasteiger partial charge in [0, 0.05) is 0 Å². The molecule has 0 aromatic rings. The molecule has 0 rings (SSSR count). The van der Waals surface area contributed by atoms with Crippen LogP contribution < -0.4 is 88.7 Å². The molecule has 0 aromatic heterocycles. The van der Waals surface area contributed by atoms with Crippen LogP contribution in [0.15, 0.2) is 0 Å². The zero-order chi connectivity index (χ0) is 8.12. The fourth-order valence-electron chi connectivity index (χ4n) is 0. The standard InChI is InChI=1S/3CHNS.3Na.9H2O/c3*2-1-3;;;;;;;;;;;;/h3*3H;;;;9*1H2/q;;;3*+1;;;;;;;;;/p-3. The molecule has 0 aliphatic heterocycles.